The summed E-state index contributed by atoms with van der Waals surface area (Å²) in [5, 5.41) is 0.0332. The fourth-order valence-corrected chi connectivity index (χ4v) is 1.13. The average Bonchev–Trinajstić information content (AvgIpc) is 1.98. The molecule has 1 rings (SSSR count). The quantitative estimate of drug-likeness (QED) is 0.486. The molecule has 1 fully saturated rings. The Morgan fingerprint density at radius 3 is 2.50 bits per heavy atom. The zero-order valence-corrected chi connectivity index (χ0v) is 6.03. The molecular weight excluding hydrogens is 142 g/mol. The van der Waals surface area contributed by atoms with Crippen LogP contribution in [0.2, 0.25) is 0 Å². The molecule has 0 aromatic heterocycles. The largest absolute Gasteiger partial charge is 0.276 e. The standard InChI is InChI=1S/C4H7NOS2/c6-3-1-2-4(7)5(3)8/h4,7-8H,1-2H2. The van der Waals surface area contributed by atoms with Gasteiger partial charge in [-0.1, -0.05) is 12.8 Å². The lowest BCUT2D eigenvalue weighted by atomic mass is 10.4. The van der Waals surface area contributed by atoms with E-state index in [1.54, 1.807) is 0 Å². The lowest BCUT2D eigenvalue weighted by molar-refractivity contribution is -0.123. The second kappa shape index (κ2) is 2.19. The maximum absolute atomic E-state index is 10.6. The zero-order chi connectivity index (χ0) is 6.15. The summed E-state index contributed by atoms with van der Waals surface area (Å²) in [6.45, 7) is 0. The number of amides is 1. The van der Waals surface area contributed by atoms with E-state index in [-0.39, 0.29) is 11.3 Å². The number of carbonyl (C=O) groups excluding carboxylic acids is 1. The molecule has 2 nitrogen and oxygen atoms in total. The third-order valence-electron chi connectivity index (χ3n) is 1.15. The van der Waals surface area contributed by atoms with Gasteiger partial charge in [-0.3, -0.25) is 9.10 Å². The third kappa shape index (κ3) is 0.951. The van der Waals surface area contributed by atoms with Crippen molar-refractivity contribution in [3.63, 3.8) is 0 Å². The summed E-state index contributed by atoms with van der Waals surface area (Å²) in [5.74, 6) is 0.0772. The predicted molar refractivity (Wildman–Crippen MR) is 37.8 cm³/mol. The van der Waals surface area contributed by atoms with E-state index in [0.717, 1.165) is 6.42 Å². The molecule has 0 aliphatic carbocycles. The van der Waals surface area contributed by atoms with Crippen molar-refractivity contribution in [2.24, 2.45) is 0 Å². The highest BCUT2D eigenvalue weighted by atomic mass is 32.1. The van der Waals surface area contributed by atoms with Gasteiger partial charge in [0.25, 0.3) is 0 Å². The fraction of sp³-hybridized carbons (Fsp3) is 0.750. The van der Waals surface area contributed by atoms with Gasteiger partial charge in [-0.2, -0.15) is 12.6 Å². The van der Waals surface area contributed by atoms with Gasteiger partial charge in [0.05, 0.1) is 5.37 Å². The van der Waals surface area contributed by atoms with Crippen LogP contribution in [-0.4, -0.2) is 15.6 Å². The molecule has 0 aromatic carbocycles. The molecule has 4 heteroatoms. The molecule has 0 bridgehead atoms. The van der Waals surface area contributed by atoms with Crippen molar-refractivity contribution in [1.82, 2.24) is 4.31 Å². The van der Waals surface area contributed by atoms with Gasteiger partial charge in [0, 0.05) is 6.42 Å². The first-order valence-electron chi connectivity index (χ1n) is 2.41. The minimum atomic E-state index is 0.0332. The van der Waals surface area contributed by atoms with Crippen molar-refractivity contribution in [3.8, 4) is 0 Å². The molecule has 0 radical (unpaired) electrons. The van der Waals surface area contributed by atoms with Gasteiger partial charge in [-0.05, 0) is 6.42 Å². The Labute approximate surface area is 59.2 Å². The maximum Gasteiger partial charge on any atom is 0.233 e. The van der Waals surface area contributed by atoms with Crippen LogP contribution in [0.4, 0.5) is 0 Å². The fourth-order valence-electron chi connectivity index (χ4n) is 0.656. The highest BCUT2D eigenvalue weighted by Gasteiger charge is 2.24. The molecule has 0 spiro atoms. The van der Waals surface area contributed by atoms with Crippen molar-refractivity contribution in [2.45, 2.75) is 18.2 Å². The maximum atomic E-state index is 10.6. The Morgan fingerprint density at radius 2 is 2.38 bits per heavy atom. The van der Waals surface area contributed by atoms with Gasteiger partial charge in [-0.15, -0.1) is 0 Å². The first-order chi connectivity index (χ1) is 3.72. The normalized spacial score (nSPS) is 29.5. The lowest BCUT2D eigenvalue weighted by Gasteiger charge is -2.10. The van der Waals surface area contributed by atoms with E-state index >= 15 is 0 Å². The SMILES string of the molecule is O=C1CCC(S)N1S. The van der Waals surface area contributed by atoms with E-state index in [1.807, 2.05) is 0 Å². The molecule has 0 saturated carbocycles. The van der Waals surface area contributed by atoms with E-state index in [4.69, 9.17) is 0 Å². The number of thiol groups is 2. The first kappa shape index (κ1) is 6.29. The predicted octanol–water partition coefficient (Wildman–Crippen LogP) is 0.710. The summed E-state index contributed by atoms with van der Waals surface area (Å²) in [4.78, 5) is 10.6. The van der Waals surface area contributed by atoms with E-state index < -0.39 is 0 Å². The topological polar surface area (TPSA) is 20.3 Å². The summed E-state index contributed by atoms with van der Waals surface area (Å²) in [6, 6.07) is 0. The number of nitrogens with zero attached hydrogens (tertiary/aromatic N) is 1. The number of hydrogen-bond acceptors (Lipinski definition) is 3. The third-order valence-corrected chi connectivity index (χ3v) is 2.33. The van der Waals surface area contributed by atoms with Crippen molar-refractivity contribution < 1.29 is 4.79 Å². The van der Waals surface area contributed by atoms with E-state index in [1.165, 1.54) is 4.31 Å². The lowest BCUT2D eigenvalue weighted by Crippen LogP contribution is -2.17. The summed E-state index contributed by atoms with van der Waals surface area (Å²) in [6.07, 6.45) is 1.42. The van der Waals surface area contributed by atoms with Gasteiger partial charge >= 0.3 is 0 Å². The van der Waals surface area contributed by atoms with Crippen LogP contribution in [0.5, 0.6) is 0 Å². The van der Waals surface area contributed by atoms with E-state index in [2.05, 4.69) is 25.4 Å². The van der Waals surface area contributed by atoms with Crippen LogP contribution in [0.15, 0.2) is 0 Å². The molecule has 1 heterocycles. The summed E-state index contributed by atoms with van der Waals surface area (Å²) in [7, 11) is 0. The van der Waals surface area contributed by atoms with Gasteiger partial charge < -0.3 is 0 Å². The second-order valence-electron chi connectivity index (χ2n) is 1.76. The molecule has 0 aromatic rings. The number of carbonyl (C=O) groups is 1. The van der Waals surface area contributed by atoms with Gasteiger partial charge in [-0.25, -0.2) is 0 Å². The molecule has 1 saturated heterocycles. The van der Waals surface area contributed by atoms with Crippen molar-refractivity contribution in [1.29, 1.82) is 0 Å². The summed E-state index contributed by atoms with van der Waals surface area (Å²) < 4.78 is 1.36. The highest BCUT2D eigenvalue weighted by Crippen LogP contribution is 2.22. The zero-order valence-electron chi connectivity index (χ0n) is 4.24. The smallest absolute Gasteiger partial charge is 0.233 e. The molecule has 8 heavy (non-hydrogen) atoms. The van der Waals surface area contributed by atoms with Crippen LogP contribution in [0.1, 0.15) is 12.8 Å². The monoisotopic (exact) mass is 149 g/mol. The van der Waals surface area contributed by atoms with Gasteiger partial charge in [0.15, 0.2) is 0 Å². The van der Waals surface area contributed by atoms with Gasteiger partial charge in [0.1, 0.15) is 0 Å². The van der Waals surface area contributed by atoms with Crippen molar-refractivity contribution in [3.05, 3.63) is 0 Å². The number of hydrogen-bond donors (Lipinski definition) is 2. The van der Waals surface area contributed by atoms with Crippen molar-refractivity contribution >= 4 is 31.4 Å². The van der Waals surface area contributed by atoms with Crippen LogP contribution < -0.4 is 0 Å². The highest BCUT2D eigenvalue weighted by molar-refractivity contribution is 7.83. The molecule has 1 unspecified atom stereocenters. The molecule has 46 valence electrons. The van der Waals surface area contributed by atoms with Crippen molar-refractivity contribution in [2.75, 3.05) is 0 Å². The van der Waals surface area contributed by atoms with Crippen LogP contribution in [0.25, 0.3) is 0 Å². The minimum Gasteiger partial charge on any atom is -0.276 e. The molecule has 1 atom stereocenters. The summed E-state index contributed by atoms with van der Waals surface area (Å²) in [5.41, 5.74) is 0. The molecule has 1 aliphatic heterocycles. The average molecular weight is 149 g/mol. The second-order valence-corrected chi connectivity index (χ2v) is 2.78. The Hall–Kier alpha value is 0.170. The number of rotatable bonds is 0. The van der Waals surface area contributed by atoms with E-state index in [9.17, 15) is 4.79 Å². The van der Waals surface area contributed by atoms with Crippen LogP contribution >= 0.6 is 25.4 Å². The Kier molecular flexibility index (Phi) is 1.72. The molecular formula is C4H7NOS2. The van der Waals surface area contributed by atoms with Gasteiger partial charge in [0.2, 0.25) is 5.91 Å². The van der Waals surface area contributed by atoms with E-state index in [0.29, 0.717) is 6.42 Å². The van der Waals surface area contributed by atoms with Crippen LogP contribution in [0, 0.1) is 0 Å². The van der Waals surface area contributed by atoms with Crippen LogP contribution in [0.3, 0.4) is 0 Å². The Bertz CT molecular complexity index is 117. The Morgan fingerprint density at radius 1 is 1.75 bits per heavy atom. The summed E-state index contributed by atoms with van der Waals surface area (Å²) >= 11 is 7.97. The Balaban J connectivity index is 2.56. The molecule has 0 N–H and O–H groups in total. The van der Waals surface area contributed by atoms with Crippen LogP contribution in [-0.2, 0) is 4.79 Å². The minimum absolute atomic E-state index is 0.0332. The first-order valence-corrected chi connectivity index (χ1v) is 3.32. The molecule has 1 aliphatic rings. The molecule has 1 amide bonds.